The Morgan fingerprint density at radius 3 is 2.30 bits per heavy atom. The third kappa shape index (κ3) is 3.95. The molecule has 2 N–H and O–H groups in total. The van der Waals surface area contributed by atoms with E-state index in [1.54, 1.807) is 0 Å². The SMILES string of the molecule is CCCCCC1CCCC1(O)C(C)(O)C1CCC(C(C)C)CC1. The van der Waals surface area contributed by atoms with E-state index in [1.165, 1.54) is 32.1 Å². The van der Waals surface area contributed by atoms with Gasteiger partial charge in [0, 0.05) is 0 Å². The van der Waals surface area contributed by atoms with Gasteiger partial charge in [-0.15, -0.1) is 0 Å². The molecule has 0 bridgehead atoms. The molecule has 2 aliphatic rings. The van der Waals surface area contributed by atoms with Gasteiger partial charge in [-0.1, -0.05) is 46.5 Å². The van der Waals surface area contributed by atoms with Crippen molar-refractivity contribution in [3.8, 4) is 0 Å². The quantitative estimate of drug-likeness (QED) is 0.623. The molecule has 0 saturated heterocycles. The molecule has 2 saturated carbocycles. The molecule has 23 heavy (non-hydrogen) atoms. The van der Waals surface area contributed by atoms with Gasteiger partial charge in [0.05, 0.1) is 11.2 Å². The van der Waals surface area contributed by atoms with Crippen molar-refractivity contribution in [1.29, 1.82) is 0 Å². The monoisotopic (exact) mass is 324 g/mol. The van der Waals surface area contributed by atoms with Crippen molar-refractivity contribution < 1.29 is 10.2 Å². The van der Waals surface area contributed by atoms with E-state index >= 15 is 0 Å². The molecule has 0 aliphatic heterocycles. The fraction of sp³-hybridized carbons (Fsp3) is 1.00. The second-order valence-electron chi connectivity index (χ2n) is 9.01. The molecule has 0 aromatic heterocycles. The lowest BCUT2D eigenvalue weighted by molar-refractivity contribution is -0.196. The van der Waals surface area contributed by atoms with Gasteiger partial charge in [-0.3, -0.25) is 0 Å². The summed E-state index contributed by atoms with van der Waals surface area (Å²) in [6, 6.07) is 0. The molecule has 0 aromatic rings. The van der Waals surface area contributed by atoms with Gasteiger partial charge in [-0.05, 0) is 75.5 Å². The summed E-state index contributed by atoms with van der Waals surface area (Å²) in [6.45, 7) is 8.81. The van der Waals surface area contributed by atoms with Crippen molar-refractivity contribution in [1.82, 2.24) is 0 Å². The van der Waals surface area contributed by atoms with Crippen LogP contribution in [0.2, 0.25) is 0 Å². The van der Waals surface area contributed by atoms with Crippen LogP contribution in [0.15, 0.2) is 0 Å². The highest BCUT2D eigenvalue weighted by atomic mass is 16.4. The zero-order valence-corrected chi connectivity index (χ0v) is 16.0. The molecule has 2 heteroatoms. The summed E-state index contributed by atoms with van der Waals surface area (Å²) >= 11 is 0. The van der Waals surface area contributed by atoms with Crippen molar-refractivity contribution >= 4 is 0 Å². The maximum atomic E-state index is 11.5. The van der Waals surface area contributed by atoms with E-state index in [9.17, 15) is 10.2 Å². The van der Waals surface area contributed by atoms with E-state index in [0.717, 1.165) is 50.4 Å². The Bertz CT molecular complexity index is 355. The van der Waals surface area contributed by atoms with Gasteiger partial charge >= 0.3 is 0 Å². The Balaban J connectivity index is 2.02. The van der Waals surface area contributed by atoms with E-state index in [-0.39, 0.29) is 5.92 Å². The van der Waals surface area contributed by atoms with E-state index < -0.39 is 11.2 Å². The largest absolute Gasteiger partial charge is 0.387 e. The summed E-state index contributed by atoms with van der Waals surface area (Å²) in [4.78, 5) is 0. The van der Waals surface area contributed by atoms with Crippen LogP contribution in [-0.2, 0) is 0 Å². The van der Waals surface area contributed by atoms with Gasteiger partial charge in [0.1, 0.15) is 0 Å². The highest BCUT2D eigenvalue weighted by Crippen LogP contribution is 2.51. The lowest BCUT2D eigenvalue weighted by Gasteiger charge is -2.49. The first-order chi connectivity index (χ1) is 10.8. The molecule has 0 radical (unpaired) electrons. The van der Waals surface area contributed by atoms with Crippen LogP contribution in [0.3, 0.4) is 0 Å². The Morgan fingerprint density at radius 1 is 1.09 bits per heavy atom. The molecule has 2 aliphatic carbocycles. The smallest absolute Gasteiger partial charge is 0.0961 e. The zero-order chi connectivity index (χ0) is 17.1. The van der Waals surface area contributed by atoms with Crippen LogP contribution >= 0.6 is 0 Å². The number of rotatable bonds is 7. The van der Waals surface area contributed by atoms with Crippen LogP contribution in [0, 0.1) is 23.7 Å². The molecule has 2 nitrogen and oxygen atoms in total. The number of aliphatic hydroxyl groups is 2. The van der Waals surface area contributed by atoms with Crippen LogP contribution in [0.1, 0.15) is 98.3 Å². The van der Waals surface area contributed by atoms with Gasteiger partial charge < -0.3 is 10.2 Å². The van der Waals surface area contributed by atoms with Gasteiger partial charge in [0.25, 0.3) is 0 Å². The van der Waals surface area contributed by atoms with Crippen LogP contribution in [0.4, 0.5) is 0 Å². The van der Waals surface area contributed by atoms with Crippen molar-refractivity contribution in [2.45, 2.75) is 110 Å². The molecule has 2 fully saturated rings. The first kappa shape index (κ1) is 19.2. The van der Waals surface area contributed by atoms with Crippen molar-refractivity contribution in [2.75, 3.05) is 0 Å². The molecular weight excluding hydrogens is 284 g/mol. The summed E-state index contributed by atoms with van der Waals surface area (Å²) in [7, 11) is 0. The summed E-state index contributed by atoms with van der Waals surface area (Å²) in [5.41, 5.74) is -1.77. The van der Waals surface area contributed by atoms with Crippen LogP contribution in [0.5, 0.6) is 0 Å². The minimum absolute atomic E-state index is 0.272. The summed E-state index contributed by atoms with van der Waals surface area (Å²) in [5, 5.41) is 22.9. The van der Waals surface area contributed by atoms with Crippen molar-refractivity contribution in [3.05, 3.63) is 0 Å². The second-order valence-corrected chi connectivity index (χ2v) is 9.01. The Morgan fingerprint density at radius 2 is 1.74 bits per heavy atom. The summed E-state index contributed by atoms with van der Waals surface area (Å²) in [6.07, 6.45) is 12.3. The number of hydrogen-bond acceptors (Lipinski definition) is 2. The highest BCUT2D eigenvalue weighted by Gasteiger charge is 2.56. The molecule has 2 rings (SSSR count). The highest BCUT2D eigenvalue weighted by molar-refractivity contribution is 5.08. The first-order valence-corrected chi connectivity index (χ1v) is 10.3. The fourth-order valence-electron chi connectivity index (χ4n) is 5.45. The third-order valence-electron chi connectivity index (χ3n) is 7.33. The van der Waals surface area contributed by atoms with Gasteiger partial charge in [0.15, 0.2) is 0 Å². The summed E-state index contributed by atoms with van der Waals surface area (Å²) in [5.74, 6) is 2.12. The van der Waals surface area contributed by atoms with Gasteiger partial charge in [0.2, 0.25) is 0 Å². The normalized spacial score (nSPS) is 38.0. The number of unbranched alkanes of at least 4 members (excludes halogenated alkanes) is 2. The molecule has 3 atom stereocenters. The first-order valence-electron chi connectivity index (χ1n) is 10.3. The average Bonchev–Trinajstić information content (AvgIpc) is 2.90. The standard InChI is InChI=1S/C21H40O2/c1-5-6-7-9-19-10-8-15-21(19,23)20(4,22)18-13-11-17(12-14-18)16(2)3/h16-19,22-23H,5-15H2,1-4H3. The Labute approximate surface area is 144 Å². The maximum absolute atomic E-state index is 11.5. The van der Waals surface area contributed by atoms with E-state index in [4.69, 9.17) is 0 Å². The van der Waals surface area contributed by atoms with Crippen molar-refractivity contribution in [2.24, 2.45) is 23.7 Å². The predicted molar refractivity (Wildman–Crippen MR) is 97.3 cm³/mol. The summed E-state index contributed by atoms with van der Waals surface area (Å²) < 4.78 is 0. The predicted octanol–water partition coefficient (Wildman–Crippen LogP) is 5.31. The van der Waals surface area contributed by atoms with E-state index in [2.05, 4.69) is 20.8 Å². The zero-order valence-electron chi connectivity index (χ0n) is 16.0. The molecule has 136 valence electrons. The van der Waals surface area contributed by atoms with Crippen LogP contribution in [-0.4, -0.2) is 21.4 Å². The topological polar surface area (TPSA) is 40.5 Å². The Hall–Kier alpha value is -0.0800. The van der Waals surface area contributed by atoms with E-state index in [0.29, 0.717) is 5.92 Å². The van der Waals surface area contributed by atoms with Crippen LogP contribution < -0.4 is 0 Å². The maximum Gasteiger partial charge on any atom is 0.0961 e. The average molecular weight is 325 g/mol. The molecule has 0 amide bonds. The van der Waals surface area contributed by atoms with Crippen LogP contribution in [0.25, 0.3) is 0 Å². The lowest BCUT2D eigenvalue weighted by Crippen LogP contribution is -2.59. The van der Waals surface area contributed by atoms with Gasteiger partial charge in [-0.25, -0.2) is 0 Å². The van der Waals surface area contributed by atoms with E-state index in [1.807, 2.05) is 6.92 Å². The Kier molecular flexibility index (Phi) is 6.58. The molecule has 3 unspecified atom stereocenters. The second kappa shape index (κ2) is 7.87. The third-order valence-corrected chi connectivity index (χ3v) is 7.33. The van der Waals surface area contributed by atoms with Gasteiger partial charge in [-0.2, -0.15) is 0 Å². The minimum atomic E-state index is -0.914. The molecule has 0 heterocycles. The lowest BCUT2D eigenvalue weighted by atomic mass is 9.63. The minimum Gasteiger partial charge on any atom is -0.387 e. The number of hydrogen-bond donors (Lipinski definition) is 2. The van der Waals surface area contributed by atoms with Crippen molar-refractivity contribution in [3.63, 3.8) is 0 Å². The molecule has 0 aromatic carbocycles. The fourth-order valence-corrected chi connectivity index (χ4v) is 5.45. The molecule has 0 spiro atoms. The molecular formula is C21H40O2.